The van der Waals surface area contributed by atoms with Crippen molar-refractivity contribution in [3.05, 3.63) is 139 Å². The van der Waals surface area contributed by atoms with E-state index in [1.165, 1.54) is 0 Å². The van der Waals surface area contributed by atoms with Gasteiger partial charge in [0.15, 0.2) is 5.75 Å². The molecule has 1 aliphatic rings. The normalized spacial score (nSPS) is 13.2. The van der Waals surface area contributed by atoms with Crippen molar-refractivity contribution in [1.29, 1.82) is 0 Å². The van der Waals surface area contributed by atoms with Crippen molar-refractivity contribution in [1.82, 2.24) is 9.97 Å². The van der Waals surface area contributed by atoms with Gasteiger partial charge in [0.25, 0.3) is 5.95 Å². The second-order valence-electron chi connectivity index (χ2n) is 11.2. The van der Waals surface area contributed by atoms with Crippen LogP contribution in [-0.4, -0.2) is 9.97 Å². The van der Waals surface area contributed by atoms with Gasteiger partial charge >= 0.3 is 0 Å². The van der Waals surface area contributed by atoms with Crippen LogP contribution in [0.5, 0.6) is 5.75 Å². The van der Waals surface area contributed by atoms with E-state index in [0.29, 0.717) is 17.7 Å². The van der Waals surface area contributed by atoms with Crippen LogP contribution >= 0.6 is 11.3 Å². The van der Waals surface area contributed by atoms with Crippen molar-refractivity contribution in [2.45, 2.75) is 0 Å². The molecule has 4 nitrogen and oxygen atoms in total. The third-order valence-corrected chi connectivity index (χ3v) is 9.86. The molecule has 0 aliphatic carbocycles. The minimum Gasteiger partial charge on any atom is -0.371 e. The molecule has 1 aliphatic heterocycles. The van der Waals surface area contributed by atoms with Crippen LogP contribution in [0.1, 0.15) is 2.74 Å². The molecule has 0 fully saturated rings. The number of para-hydroxylation sites is 1. The molecule has 2 aromatic heterocycles. The predicted octanol–water partition coefficient (Wildman–Crippen LogP) is 11.1. The van der Waals surface area contributed by atoms with Gasteiger partial charge in [-0.25, -0.2) is 9.97 Å². The lowest BCUT2D eigenvalue weighted by Crippen LogP contribution is -2.28. The zero-order chi connectivity index (χ0) is 31.2. The van der Waals surface area contributed by atoms with E-state index >= 15 is 0 Å². The van der Waals surface area contributed by atoms with Crippen LogP contribution in [0.15, 0.2) is 139 Å². The Kier molecular flexibility index (Phi) is 4.72. The molecular weight excluding hydrogens is 571 g/mol. The summed E-state index contributed by atoms with van der Waals surface area (Å²) in [6.07, 6.45) is 0. The van der Waals surface area contributed by atoms with Crippen LogP contribution in [0.3, 0.4) is 0 Å². The summed E-state index contributed by atoms with van der Waals surface area (Å²) >= 11 is 1.65. The molecule has 0 amide bonds. The van der Waals surface area contributed by atoms with Crippen LogP contribution in [0.25, 0.3) is 75.0 Å². The minimum atomic E-state index is 0.285. The Morgan fingerprint density at radius 1 is 0.600 bits per heavy atom. The van der Waals surface area contributed by atoms with Crippen molar-refractivity contribution in [2.75, 3.05) is 5.06 Å². The topological polar surface area (TPSA) is 38.2 Å². The first-order valence-corrected chi connectivity index (χ1v) is 15.7. The largest absolute Gasteiger partial charge is 0.371 e. The van der Waals surface area contributed by atoms with Gasteiger partial charge in [-0.05, 0) is 39.7 Å². The highest BCUT2D eigenvalue weighted by atomic mass is 32.1. The van der Waals surface area contributed by atoms with E-state index in [-0.39, 0.29) is 6.04 Å². The summed E-state index contributed by atoms with van der Waals surface area (Å²) in [5, 5.41) is 8.67. The van der Waals surface area contributed by atoms with Crippen molar-refractivity contribution < 1.29 is 7.58 Å². The number of fused-ring (bicyclic) bond motifs is 13. The molecule has 0 saturated heterocycles. The average Bonchev–Trinajstić information content (AvgIpc) is 3.52. The van der Waals surface area contributed by atoms with E-state index in [1.54, 1.807) is 16.4 Å². The molecule has 7 aromatic carbocycles. The fourth-order valence-corrected chi connectivity index (χ4v) is 7.99. The Labute approximate surface area is 265 Å². The first-order chi connectivity index (χ1) is 23.2. The monoisotopic (exact) mass is 595 g/mol. The van der Waals surface area contributed by atoms with Gasteiger partial charge < -0.3 is 4.84 Å². The van der Waals surface area contributed by atoms with Crippen molar-refractivity contribution in [3.63, 3.8) is 0 Å². The van der Waals surface area contributed by atoms with Crippen molar-refractivity contribution in [2.24, 2.45) is 0 Å². The van der Waals surface area contributed by atoms with Crippen LogP contribution in [0.4, 0.5) is 11.6 Å². The minimum absolute atomic E-state index is 0.285. The Balaban J connectivity index is 1.41. The van der Waals surface area contributed by atoms with E-state index in [4.69, 9.17) is 16.2 Å². The average molecular weight is 596 g/mol. The molecule has 10 rings (SSSR count). The van der Waals surface area contributed by atoms with Gasteiger partial charge in [-0.15, -0.1) is 16.4 Å². The van der Waals surface area contributed by atoms with E-state index in [9.17, 15) is 1.37 Å². The van der Waals surface area contributed by atoms with Gasteiger partial charge in [0.2, 0.25) is 0 Å². The standard InChI is InChI=1S/C40H23N3OS/c1-2-13-25(14-3-1)37-29-18-8-10-20-31(29)41-40(42-37)43-38-36(35-26-15-5-4-12-24(26)22-23-32(35)44-43)28-17-7-6-16-27(28)34-30-19-9-11-21-33(30)45-39(34)38/h1-23H/i19D,23D. The first kappa shape index (κ1) is 22.7. The summed E-state index contributed by atoms with van der Waals surface area (Å²) in [6.45, 7) is 0. The summed E-state index contributed by atoms with van der Waals surface area (Å²) < 4.78 is 20.2. The molecule has 0 radical (unpaired) electrons. The lowest BCUT2D eigenvalue weighted by Gasteiger charge is -2.33. The van der Waals surface area contributed by atoms with E-state index in [0.717, 1.165) is 80.7 Å². The Hall–Kier alpha value is -5.78. The summed E-state index contributed by atoms with van der Waals surface area (Å²) in [4.78, 5) is 17.2. The number of aromatic nitrogens is 2. The van der Waals surface area contributed by atoms with Crippen LogP contribution in [-0.2, 0) is 0 Å². The SMILES string of the molecule is [2H]c1cc2ccccc2c2c1ON(c1nc(-c3ccccc3)c3ccccc3n1)c1c-2c2ccccc2c2c1sc1cccc([2H])c12. The Bertz CT molecular complexity index is 2760. The lowest BCUT2D eigenvalue weighted by atomic mass is 9.89. The number of nitrogens with zero attached hydrogens (tertiary/aromatic N) is 3. The zero-order valence-corrected chi connectivity index (χ0v) is 24.6. The van der Waals surface area contributed by atoms with Gasteiger partial charge in [-0.2, -0.15) is 0 Å². The molecule has 0 unspecified atom stereocenters. The molecule has 0 atom stereocenters. The van der Waals surface area contributed by atoms with E-state index in [2.05, 4.69) is 48.5 Å². The number of rotatable bonds is 2. The Morgan fingerprint density at radius 3 is 2.22 bits per heavy atom. The Morgan fingerprint density at radius 2 is 1.33 bits per heavy atom. The highest BCUT2D eigenvalue weighted by Gasteiger charge is 2.34. The first-order valence-electron chi connectivity index (χ1n) is 15.9. The molecule has 0 bridgehead atoms. The van der Waals surface area contributed by atoms with Gasteiger partial charge in [0.05, 0.1) is 18.7 Å². The van der Waals surface area contributed by atoms with Crippen LogP contribution < -0.4 is 9.90 Å². The smallest absolute Gasteiger partial charge is 0.265 e. The summed E-state index contributed by atoms with van der Waals surface area (Å²) in [6, 6.07) is 43.2. The second kappa shape index (κ2) is 9.36. The second-order valence-corrected chi connectivity index (χ2v) is 12.3. The number of thiophene rings is 1. The molecule has 3 heterocycles. The van der Waals surface area contributed by atoms with Crippen LogP contribution in [0, 0.1) is 0 Å². The van der Waals surface area contributed by atoms with Crippen molar-refractivity contribution in [3.8, 4) is 28.1 Å². The molecule has 0 saturated carbocycles. The number of benzene rings is 7. The predicted molar refractivity (Wildman–Crippen MR) is 188 cm³/mol. The number of anilines is 2. The molecule has 0 spiro atoms. The van der Waals surface area contributed by atoms with Gasteiger partial charge in [0, 0.05) is 37.5 Å². The molecule has 210 valence electrons. The van der Waals surface area contributed by atoms with Crippen molar-refractivity contribution >= 4 is 75.6 Å². The summed E-state index contributed by atoms with van der Waals surface area (Å²) in [7, 11) is 0. The van der Waals surface area contributed by atoms with Gasteiger partial charge in [-0.3, -0.25) is 0 Å². The summed E-state index contributed by atoms with van der Waals surface area (Å²) in [5.41, 5.74) is 5.23. The van der Waals surface area contributed by atoms with E-state index in [1.807, 2.05) is 78.9 Å². The van der Waals surface area contributed by atoms with E-state index < -0.39 is 0 Å². The highest BCUT2D eigenvalue weighted by Crippen LogP contribution is 2.56. The third-order valence-electron chi connectivity index (χ3n) is 8.70. The zero-order valence-electron chi connectivity index (χ0n) is 25.8. The number of hydrogen-bond acceptors (Lipinski definition) is 5. The maximum absolute atomic E-state index is 9.20. The molecule has 45 heavy (non-hydrogen) atoms. The maximum atomic E-state index is 9.20. The molecular formula is C40H23N3OS. The highest BCUT2D eigenvalue weighted by molar-refractivity contribution is 7.26. The quantitative estimate of drug-likeness (QED) is 0.199. The lowest BCUT2D eigenvalue weighted by molar-refractivity contribution is 0.316. The third kappa shape index (κ3) is 3.53. The molecule has 5 heteroatoms. The van der Waals surface area contributed by atoms with Gasteiger partial charge in [-0.1, -0.05) is 121 Å². The molecule has 9 aromatic rings. The fraction of sp³-hybridized carbons (Fsp3) is 0. The molecule has 0 N–H and O–H groups in total. The van der Waals surface area contributed by atoms with Gasteiger partial charge in [0.1, 0.15) is 5.69 Å². The number of hydrogen-bond donors (Lipinski definition) is 0. The maximum Gasteiger partial charge on any atom is 0.265 e. The fourth-order valence-electron chi connectivity index (χ4n) is 6.76. The van der Waals surface area contributed by atoms with Crippen LogP contribution in [0.2, 0.25) is 0 Å². The summed E-state index contributed by atoms with van der Waals surface area (Å²) in [5.74, 6) is 0.836.